The molecule has 14 nitrogen and oxygen atoms in total. The molecule has 0 aliphatic heterocycles. The maximum atomic E-state index is 14.5. The molecule has 0 atom stereocenters. The Bertz CT molecular complexity index is 3270. The minimum atomic E-state index is -0.668. The number of aliphatic imine (C=N–C) groups is 2. The highest BCUT2D eigenvalue weighted by molar-refractivity contribution is 7.36. The van der Waals surface area contributed by atoms with Gasteiger partial charge in [0.25, 0.3) is 0 Å². The number of fused-ring (bicyclic) bond motifs is 7. The van der Waals surface area contributed by atoms with E-state index in [4.69, 9.17) is 18.9 Å². The van der Waals surface area contributed by atoms with Gasteiger partial charge in [0.15, 0.2) is 0 Å². The lowest BCUT2D eigenvalue weighted by molar-refractivity contribution is 0.142. The van der Waals surface area contributed by atoms with Crippen LogP contribution in [-0.4, -0.2) is 47.0 Å². The second-order valence-corrected chi connectivity index (χ2v) is 18.4. The summed E-state index contributed by atoms with van der Waals surface area (Å²) >= 11 is 6.70. The summed E-state index contributed by atoms with van der Waals surface area (Å²) in [4.78, 5) is 40.3. The summed E-state index contributed by atoms with van der Waals surface area (Å²) in [6.07, 6.45) is -1.34. The SMILES string of the molecule is COc1cc(N=C(C#N)C#N)sc1-c1cc2c(s1)c1sc3c4sc(-c5sc(N=C(C#N)C#N)cc5OC)cc4n(C(=O)OCc4ccccc4)c3c1n2C(=O)OCc1ccccc1. The highest BCUT2D eigenvalue weighted by Crippen LogP contribution is 2.54. The molecular weight excluding hydrogens is 897 g/mol. The van der Waals surface area contributed by atoms with Crippen molar-refractivity contribution in [1.29, 1.82) is 21.0 Å². The van der Waals surface area contributed by atoms with Gasteiger partial charge in [-0.05, 0) is 23.3 Å². The average Bonchev–Trinajstić information content (AvgIpc) is 4.18. The van der Waals surface area contributed by atoms with Crippen molar-refractivity contribution in [3.8, 4) is 55.3 Å². The van der Waals surface area contributed by atoms with Crippen molar-refractivity contribution in [1.82, 2.24) is 9.13 Å². The zero-order valence-corrected chi connectivity index (χ0v) is 36.6. The van der Waals surface area contributed by atoms with Crippen LogP contribution >= 0.6 is 56.7 Å². The van der Waals surface area contributed by atoms with Crippen molar-refractivity contribution in [3.05, 3.63) is 96.1 Å². The summed E-state index contributed by atoms with van der Waals surface area (Å²) in [5, 5.41) is 38.2. The number of methoxy groups -OCH3 is 2. The van der Waals surface area contributed by atoms with Crippen LogP contribution in [0.1, 0.15) is 11.1 Å². The van der Waals surface area contributed by atoms with Crippen LogP contribution in [0.2, 0.25) is 0 Å². The molecule has 7 aromatic heterocycles. The summed E-state index contributed by atoms with van der Waals surface area (Å²) in [7, 11) is 3.03. The van der Waals surface area contributed by atoms with E-state index in [9.17, 15) is 30.6 Å². The number of ether oxygens (including phenoxy) is 4. The highest BCUT2D eigenvalue weighted by Gasteiger charge is 2.32. The van der Waals surface area contributed by atoms with Crippen molar-refractivity contribution in [2.45, 2.75) is 13.2 Å². The molecule has 0 N–H and O–H groups in total. The van der Waals surface area contributed by atoms with Gasteiger partial charge in [0.05, 0.1) is 74.6 Å². The molecule has 0 saturated heterocycles. The van der Waals surface area contributed by atoms with Crippen molar-refractivity contribution in [2.24, 2.45) is 9.98 Å². The Morgan fingerprint density at radius 3 is 1.32 bits per heavy atom. The van der Waals surface area contributed by atoms with Crippen LogP contribution in [0.3, 0.4) is 0 Å². The van der Waals surface area contributed by atoms with Gasteiger partial charge >= 0.3 is 12.2 Å². The van der Waals surface area contributed by atoms with Crippen molar-refractivity contribution < 1.29 is 28.5 Å². The lowest BCUT2D eigenvalue weighted by Gasteiger charge is -2.10. The van der Waals surface area contributed by atoms with Gasteiger partial charge in [-0.25, -0.2) is 28.7 Å². The van der Waals surface area contributed by atoms with Crippen molar-refractivity contribution >= 4 is 131 Å². The van der Waals surface area contributed by atoms with Gasteiger partial charge in [-0.3, -0.25) is 0 Å². The molecule has 7 heterocycles. The molecule has 0 fully saturated rings. The Labute approximate surface area is 376 Å². The number of carbonyl (C=O) groups is 2. The average molecular weight is 921 g/mol. The molecule has 0 radical (unpaired) electrons. The Hall–Kier alpha value is -7.62. The molecule has 19 heteroatoms. The van der Waals surface area contributed by atoms with Crippen molar-refractivity contribution in [3.63, 3.8) is 0 Å². The predicted octanol–water partition coefficient (Wildman–Crippen LogP) is 12.2. The Morgan fingerprint density at radius 2 is 0.952 bits per heavy atom. The maximum Gasteiger partial charge on any atom is 0.419 e. The van der Waals surface area contributed by atoms with Crippen LogP contribution in [0.15, 0.2) is 94.9 Å². The summed E-state index contributed by atoms with van der Waals surface area (Å²) in [6, 6.07) is 32.8. The van der Waals surface area contributed by atoms with Crippen LogP contribution in [0.25, 0.3) is 60.4 Å². The first-order valence-electron chi connectivity index (χ1n) is 18.4. The standard InChI is InChI=1S/C44H24N8O6S5/c1-55-29-15-33(49-25(17-45)18-46)61-39(29)31-13-27-37(59-31)41-35(51(27)43(53)57-21-23-9-5-3-6-10-23)36-42(63-41)38-28(52(36)44(54)58-22-24-11-7-4-8-12-24)14-32(60-38)40-30(56-2)16-34(62-40)50-26(19-47)20-48/h3-16H,21-22H2,1-2H3. The van der Waals surface area contributed by atoms with E-state index in [1.54, 1.807) is 36.4 Å². The topological polar surface area (TPSA) is 201 Å². The Morgan fingerprint density at radius 1 is 0.556 bits per heavy atom. The van der Waals surface area contributed by atoms with Crippen molar-refractivity contribution in [2.75, 3.05) is 14.2 Å². The molecule has 63 heavy (non-hydrogen) atoms. The molecular formula is C44H24N8O6S5. The summed E-state index contributed by atoms with van der Waals surface area (Å²) in [5.74, 6) is 0.942. The van der Waals surface area contributed by atoms with E-state index in [1.165, 1.54) is 80.0 Å². The molecule has 0 unspecified atom stereocenters. The fraction of sp³-hybridized carbons (Fsp3) is 0.0909. The second-order valence-electron chi connectivity index (χ2n) is 13.2. The van der Waals surface area contributed by atoms with Gasteiger partial charge in [0, 0.05) is 12.1 Å². The largest absolute Gasteiger partial charge is 0.495 e. The molecule has 9 rings (SSSR count). The van der Waals surface area contributed by atoms with Gasteiger partial charge in [0.1, 0.15) is 59.0 Å². The molecule has 0 aliphatic rings. The minimum Gasteiger partial charge on any atom is -0.495 e. The number of aromatic nitrogens is 2. The third kappa shape index (κ3) is 7.36. The molecule has 0 saturated carbocycles. The summed E-state index contributed by atoms with van der Waals surface area (Å²) < 4.78 is 29.3. The zero-order valence-electron chi connectivity index (χ0n) is 32.6. The molecule has 0 spiro atoms. The molecule has 2 aromatic carbocycles. The fourth-order valence-corrected chi connectivity index (χ4v) is 12.9. The molecule has 0 amide bonds. The second kappa shape index (κ2) is 17.0. The van der Waals surface area contributed by atoms with Crippen LogP contribution in [0.5, 0.6) is 11.5 Å². The molecule has 9 aromatic rings. The summed E-state index contributed by atoms with van der Waals surface area (Å²) in [5.41, 5.74) is 2.96. The molecule has 306 valence electrons. The van der Waals surface area contributed by atoms with Gasteiger partial charge < -0.3 is 18.9 Å². The first-order valence-corrected chi connectivity index (χ1v) is 22.5. The van der Waals surface area contributed by atoms with Crippen LogP contribution in [-0.2, 0) is 22.7 Å². The van der Waals surface area contributed by atoms with E-state index >= 15 is 0 Å². The number of benzene rings is 2. The van der Waals surface area contributed by atoms with Gasteiger partial charge in [-0.15, -0.1) is 56.7 Å². The number of rotatable bonds is 10. The molecule has 0 bridgehead atoms. The first-order chi connectivity index (χ1) is 30.8. The predicted molar refractivity (Wildman–Crippen MR) is 246 cm³/mol. The van der Waals surface area contributed by atoms with E-state index in [1.807, 2.05) is 72.8 Å². The lowest BCUT2D eigenvalue weighted by Crippen LogP contribution is -2.16. The van der Waals surface area contributed by atoms with Gasteiger partial charge in [-0.2, -0.15) is 21.0 Å². The van der Waals surface area contributed by atoms with E-state index in [0.717, 1.165) is 39.7 Å². The van der Waals surface area contributed by atoms with E-state index in [-0.39, 0.29) is 24.6 Å². The van der Waals surface area contributed by atoms with Gasteiger partial charge in [0.2, 0.25) is 11.4 Å². The normalized spacial score (nSPS) is 10.9. The van der Waals surface area contributed by atoms with Crippen LogP contribution < -0.4 is 9.47 Å². The minimum absolute atomic E-state index is 0.0111. The molecule has 0 aliphatic carbocycles. The third-order valence-electron chi connectivity index (χ3n) is 9.53. The Kier molecular flexibility index (Phi) is 11.0. The fourth-order valence-electron chi connectivity index (χ4n) is 6.82. The highest BCUT2D eigenvalue weighted by atomic mass is 32.1. The number of thiophene rings is 5. The van der Waals surface area contributed by atoms with Gasteiger partial charge in [-0.1, -0.05) is 60.7 Å². The summed E-state index contributed by atoms with van der Waals surface area (Å²) in [6.45, 7) is -0.0222. The number of nitriles is 4. The number of carbonyl (C=O) groups excluding carboxylic acids is 2. The Balaban J connectivity index is 1.28. The van der Waals surface area contributed by atoms with Crippen LogP contribution in [0, 0.1) is 45.3 Å². The number of nitrogens with zero attached hydrogens (tertiary/aromatic N) is 8. The first kappa shape index (κ1) is 40.8. The van der Waals surface area contributed by atoms with E-state index in [2.05, 4.69) is 9.98 Å². The van der Waals surface area contributed by atoms with E-state index < -0.39 is 12.2 Å². The number of hydrogen-bond donors (Lipinski definition) is 0. The number of hydrogen-bond acceptors (Lipinski definition) is 17. The van der Waals surface area contributed by atoms with E-state index in [0.29, 0.717) is 53.3 Å². The smallest absolute Gasteiger partial charge is 0.419 e. The monoisotopic (exact) mass is 920 g/mol. The third-order valence-corrected chi connectivity index (χ3v) is 15.7. The zero-order chi connectivity index (χ0) is 43.8. The van der Waals surface area contributed by atoms with Crippen LogP contribution in [0.4, 0.5) is 19.6 Å². The maximum absolute atomic E-state index is 14.5. The lowest BCUT2D eigenvalue weighted by atomic mass is 10.2. The quantitative estimate of drug-likeness (QED) is 0.119.